The first-order chi connectivity index (χ1) is 14.1. The van der Waals surface area contributed by atoms with Crippen molar-refractivity contribution >= 4 is 5.97 Å². The van der Waals surface area contributed by atoms with Crippen molar-refractivity contribution in [1.82, 2.24) is 4.90 Å². The molecule has 2 aliphatic heterocycles. The third kappa shape index (κ3) is 4.16. The lowest BCUT2D eigenvalue weighted by Gasteiger charge is -2.40. The van der Waals surface area contributed by atoms with Crippen molar-refractivity contribution in [1.29, 1.82) is 0 Å². The molecule has 154 valence electrons. The molecule has 0 aliphatic carbocycles. The molecule has 2 heterocycles. The molecule has 1 saturated heterocycles. The van der Waals surface area contributed by atoms with Gasteiger partial charge in [-0.1, -0.05) is 42.5 Å². The van der Waals surface area contributed by atoms with Gasteiger partial charge in [-0.15, -0.1) is 0 Å². The monoisotopic (exact) mass is 395 g/mol. The van der Waals surface area contributed by atoms with Gasteiger partial charge in [0, 0.05) is 19.6 Å². The number of fused-ring (bicyclic) bond motifs is 2. The Bertz CT molecular complexity index is 857. The van der Waals surface area contributed by atoms with Crippen LogP contribution in [0.3, 0.4) is 0 Å². The van der Waals surface area contributed by atoms with Crippen molar-refractivity contribution in [2.75, 3.05) is 26.2 Å². The molecule has 2 aliphatic rings. The summed E-state index contributed by atoms with van der Waals surface area (Å²) in [7, 11) is 0. The van der Waals surface area contributed by atoms with Crippen LogP contribution in [0.2, 0.25) is 0 Å². The smallest absolute Gasteiger partial charge is 0.308 e. The van der Waals surface area contributed by atoms with Gasteiger partial charge in [-0.2, -0.15) is 0 Å². The largest absolute Gasteiger partial charge is 0.494 e. The highest BCUT2D eigenvalue weighted by atomic mass is 16.5. The van der Waals surface area contributed by atoms with Crippen molar-refractivity contribution in [3.8, 4) is 5.75 Å². The molecule has 5 nitrogen and oxygen atoms in total. The fourth-order valence-electron chi connectivity index (χ4n) is 4.67. The van der Waals surface area contributed by atoms with Crippen molar-refractivity contribution in [3.63, 3.8) is 0 Å². The minimum absolute atomic E-state index is 0.187. The number of rotatable bonds is 7. The summed E-state index contributed by atoms with van der Waals surface area (Å²) in [5.74, 6) is -0.420. The first-order valence-electron chi connectivity index (χ1n) is 10.5. The Kier molecular flexibility index (Phi) is 5.88. The maximum Gasteiger partial charge on any atom is 0.308 e. The third-order valence-corrected chi connectivity index (χ3v) is 6.24. The number of carboxylic acids is 1. The van der Waals surface area contributed by atoms with Crippen LogP contribution in [-0.2, 0) is 28.2 Å². The number of carboxylic acid groups (broad SMARTS) is 1. The van der Waals surface area contributed by atoms with Crippen LogP contribution in [0.5, 0.6) is 5.75 Å². The molecule has 2 aromatic carbocycles. The Hall–Kier alpha value is -2.37. The molecule has 2 aromatic rings. The summed E-state index contributed by atoms with van der Waals surface area (Å²) in [5.41, 5.74) is 3.38. The Morgan fingerprint density at radius 2 is 1.90 bits per heavy atom. The fourth-order valence-corrected chi connectivity index (χ4v) is 4.67. The molecule has 1 N–H and O–H groups in total. The molecule has 1 spiro atoms. The second-order valence-corrected chi connectivity index (χ2v) is 8.02. The van der Waals surface area contributed by atoms with Gasteiger partial charge < -0.3 is 19.5 Å². The van der Waals surface area contributed by atoms with E-state index < -0.39 is 11.9 Å². The number of para-hydroxylation sites is 1. The number of likely N-dealkylation sites (tertiary alicyclic amines) is 1. The highest BCUT2D eigenvalue weighted by Gasteiger charge is 2.42. The van der Waals surface area contributed by atoms with Gasteiger partial charge in [-0.05, 0) is 48.9 Å². The highest BCUT2D eigenvalue weighted by molar-refractivity contribution is 5.71. The Balaban J connectivity index is 1.40. The standard InChI is InChI=1S/C24H29NO4/c1-2-28-22-10-6-4-7-18(22)15-20(23(26)27)16-25-13-11-24(12-14-25)21-9-5-3-8-19(21)17-29-24/h3-10,20H,2,11-17H2,1H3,(H,26,27). The maximum absolute atomic E-state index is 12.0. The van der Waals surface area contributed by atoms with E-state index in [9.17, 15) is 9.90 Å². The number of nitrogens with zero attached hydrogens (tertiary/aromatic N) is 1. The molecular weight excluding hydrogens is 366 g/mol. The summed E-state index contributed by atoms with van der Waals surface area (Å²) in [6, 6.07) is 16.2. The maximum atomic E-state index is 12.0. The molecule has 0 saturated carbocycles. The number of aliphatic carboxylic acids is 1. The number of piperidine rings is 1. The van der Waals surface area contributed by atoms with Crippen LogP contribution in [0.15, 0.2) is 48.5 Å². The van der Waals surface area contributed by atoms with E-state index in [-0.39, 0.29) is 5.60 Å². The van der Waals surface area contributed by atoms with Gasteiger partial charge in [0.15, 0.2) is 0 Å². The van der Waals surface area contributed by atoms with Crippen molar-refractivity contribution in [3.05, 3.63) is 65.2 Å². The van der Waals surface area contributed by atoms with E-state index in [4.69, 9.17) is 9.47 Å². The van der Waals surface area contributed by atoms with E-state index in [1.54, 1.807) is 0 Å². The summed E-state index contributed by atoms with van der Waals surface area (Å²) in [6.07, 6.45) is 2.30. The van der Waals surface area contributed by atoms with Gasteiger partial charge in [0.25, 0.3) is 0 Å². The molecule has 4 rings (SSSR count). The SMILES string of the molecule is CCOc1ccccc1CC(CN1CCC2(CC1)OCc1ccccc12)C(=O)O. The Morgan fingerprint density at radius 3 is 2.66 bits per heavy atom. The topological polar surface area (TPSA) is 59.0 Å². The lowest BCUT2D eigenvalue weighted by atomic mass is 9.83. The summed E-state index contributed by atoms with van der Waals surface area (Å²) in [5, 5.41) is 9.83. The van der Waals surface area contributed by atoms with Crippen LogP contribution in [0, 0.1) is 5.92 Å². The zero-order valence-electron chi connectivity index (χ0n) is 17.0. The van der Waals surface area contributed by atoms with E-state index in [1.807, 2.05) is 31.2 Å². The van der Waals surface area contributed by atoms with E-state index in [2.05, 4.69) is 29.2 Å². The van der Waals surface area contributed by atoms with Crippen LogP contribution in [0.25, 0.3) is 0 Å². The number of ether oxygens (including phenoxy) is 2. The van der Waals surface area contributed by atoms with Crippen LogP contribution < -0.4 is 4.74 Å². The van der Waals surface area contributed by atoms with Gasteiger partial charge >= 0.3 is 5.97 Å². The predicted octanol–water partition coefficient (Wildman–Crippen LogP) is 3.85. The number of carbonyl (C=O) groups is 1. The normalized spacial score (nSPS) is 19.1. The van der Waals surface area contributed by atoms with Crippen LogP contribution in [0.1, 0.15) is 36.5 Å². The number of hydrogen-bond acceptors (Lipinski definition) is 4. The number of benzene rings is 2. The number of hydrogen-bond donors (Lipinski definition) is 1. The minimum Gasteiger partial charge on any atom is -0.494 e. The lowest BCUT2D eigenvalue weighted by molar-refractivity contribution is -0.143. The predicted molar refractivity (Wildman–Crippen MR) is 111 cm³/mol. The second kappa shape index (κ2) is 8.56. The molecule has 0 amide bonds. The minimum atomic E-state index is -0.751. The third-order valence-electron chi connectivity index (χ3n) is 6.24. The first kappa shape index (κ1) is 19.9. The van der Waals surface area contributed by atoms with Gasteiger partial charge in [0.2, 0.25) is 0 Å². The summed E-state index contributed by atoms with van der Waals surface area (Å²) >= 11 is 0. The Labute approximate surface area is 172 Å². The van der Waals surface area contributed by atoms with Gasteiger partial charge in [0.1, 0.15) is 5.75 Å². The fraction of sp³-hybridized carbons (Fsp3) is 0.458. The molecule has 0 aromatic heterocycles. The van der Waals surface area contributed by atoms with E-state index in [0.717, 1.165) is 37.2 Å². The van der Waals surface area contributed by atoms with Crippen molar-refractivity contribution < 1.29 is 19.4 Å². The highest BCUT2D eigenvalue weighted by Crippen LogP contribution is 2.44. The first-order valence-corrected chi connectivity index (χ1v) is 10.5. The molecule has 5 heteroatoms. The average Bonchev–Trinajstić information content (AvgIpc) is 3.09. The molecule has 29 heavy (non-hydrogen) atoms. The second-order valence-electron chi connectivity index (χ2n) is 8.02. The molecule has 1 unspecified atom stereocenters. The molecule has 1 atom stereocenters. The average molecular weight is 395 g/mol. The van der Waals surface area contributed by atoms with E-state index in [1.165, 1.54) is 11.1 Å². The molecule has 0 radical (unpaired) electrons. The molecule has 1 fully saturated rings. The van der Waals surface area contributed by atoms with Gasteiger partial charge in [0.05, 0.1) is 24.7 Å². The van der Waals surface area contributed by atoms with Crippen molar-refractivity contribution in [2.45, 2.75) is 38.4 Å². The van der Waals surface area contributed by atoms with Gasteiger partial charge in [-0.25, -0.2) is 0 Å². The summed E-state index contributed by atoms with van der Waals surface area (Å²) < 4.78 is 11.9. The van der Waals surface area contributed by atoms with Crippen LogP contribution in [0.4, 0.5) is 0 Å². The van der Waals surface area contributed by atoms with E-state index >= 15 is 0 Å². The lowest BCUT2D eigenvalue weighted by Crippen LogP contribution is -2.45. The van der Waals surface area contributed by atoms with Crippen LogP contribution in [-0.4, -0.2) is 42.2 Å². The van der Waals surface area contributed by atoms with Crippen LogP contribution >= 0.6 is 0 Å². The Morgan fingerprint density at radius 1 is 1.17 bits per heavy atom. The zero-order valence-corrected chi connectivity index (χ0v) is 17.0. The van der Waals surface area contributed by atoms with Crippen molar-refractivity contribution in [2.24, 2.45) is 5.92 Å². The summed E-state index contributed by atoms with van der Waals surface area (Å²) in [6.45, 7) is 5.45. The van der Waals surface area contributed by atoms with E-state index in [0.29, 0.717) is 26.2 Å². The molecule has 0 bridgehead atoms. The van der Waals surface area contributed by atoms with Gasteiger partial charge in [-0.3, -0.25) is 4.79 Å². The zero-order chi connectivity index (χ0) is 20.3. The summed E-state index contributed by atoms with van der Waals surface area (Å²) in [4.78, 5) is 14.2. The quantitative estimate of drug-likeness (QED) is 0.772. The molecular formula is C24H29NO4.